The summed E-state index contributed by atoms with van der Waals surface area (Å²) in [5.41, 5.74) is 0. The smallest absolute Gasteiger partial charge is 0.274 e. The number of pyridine rings is 2. The minimum atomic E-state index is 0. The molecule has 2 heterocycles. The van der Waals surface area contributed by atoms with Gasteiger partial charge in [0.05, 0.1) is 0 Å². The summed E-state index contributed by atoms with van der Waals surface area (Å²) in [6.45, 7) is 1.87. The number of rotatable bonds is 5. The molecule has 0 aliphatic carbocycles. The van der Waals surface area contributed by atoms with Gasteiger partial charge in [-0.3, -0.25) is 0 Å². The maximum absolute atomic E-state index is 6.08. The fourth-order valence-electron chi connectivity index (χ4n) is 1.84. The standard InChI is InChI=1S/C14H16Cl2N2.2BrH/c15-13-7-1-3-9-17(13)11-5-6-12-18-10-4-2-8-14(18)16;;/h1-4,7-10H,5-6,11-12H2;2*1H/q+2;;/p-2. The third-order valence-electron chi connectivity index (χ3n) is 2.82. The van der Waals surface area contributed by atoms with E-state index in [0.717, 1.165) is 36.2 Å². The van der Waals surface area contributed by atoms with Crippen LogP contribution in [0.4, 0.5) is 0 Å². The van der Waals surface area contributed by atoms with E-state index in [9.17, 15) is 0 Å². The van der Waals surface area contributed by atoms with Crippen LogP contribution in [0.1, 0.15) is 12.8 Å². The van der Waals surface area contributed by atoms with Gasteiger partial charge in [0.2, 0.25) is 0 Å². The molecule has 0 N–H and O–H groups in total. The summed E-state index contributed by atoms with van der Waals surface area (Å²) >= 11 is 12.2. The van der Waals surface area contributed by atoms with Crippen molar-refractivity contribution in [1.82, 2.24) is 0 Å². The molecule has 0 saturated carbocycles. The molecule has 0 aliphatic heterocycles. The predicted molar refractivity (Wildman–Crippen MR) is 72.5 cm³/mol. The molecule has 20 heavy (non-hydrogen) atoms. The van der Waals surface area contributed by atoms with Crippen LogP contribution in [0.15, 0.2) is 48.8 Å². The predicted octanol–water partition coefficient (Wildman–Crippen LogP) is -2.94. The van der Waals surface area contributed by atoms with Crippen LogP contribution in [-0.2, 0) is 13.1 Å². The van der Waals surface area contributed by atoms with Crippen molar-refractivity contribution in [1.29, 1.82) is 0 Å². The molecular formula is C14H16Br2Cl2N2. The first-order valence-electron chi connectivity index (χ1n) is 6.05. The van der Waals surface area contributed by atoms with E-state index >= 15 is 0 Å². The number of halogens is 4. The molecule has 0 unspecified atom stereocenters. The molecule has 2 rings (SSSR count). The average Bonchev–Trinajstić information content (AvgIpc) is 2.38. The van der Waals surface area contributed by atoms with Gasteiger partial charge in [-0.1, -0.05) is 0 Å². The van der Waals surface area contributed by atoms with Crippen LogP contribution >= 0.6 is 23.2 Å². The van der Waals surface area contributed by atoms with Crippen LogP contribution in [0.2, 0.25) is 10.3 Å². The molecule has 0 bridgehead atoms. The van der Waals surface area contributed by atoms with Crippen LogP contribution in [0, 0.1) is 0 Å². The van der Waals surface area contributed by atoms with Gasteiger partial charge in [-0.2, -0.15) is 9.13 Å². The first-order valence-corrected chi connectivity index (χ1v) is 6.81. The molecule has 0 spiro atoms. The van der Waals surface area contributed by atoms with Gasteiger partial charge in [-0.15, -0.1) is 0 Å². The van der Waals surface area contributed by atoms with Gasteiger partial charge < -0.3 is 34.0 Å². The monoisotopic (exact) mass is 440 g/mol. The van der Waals surface area contributed by atoms with Crippen LogP contribution in [0.5, 0.6) is 0 Å². The lowest BCUT2D eigenvalue weighted by atomic mass is 10.3. The zero-order chi connectivity index (χ0) is 12.8. The molecule has 0 aliphatic rings. The molecular weight excluding hydrogens is 427 g/mol. The summed E-state index contributed by atoms with van der Waals surface area (Å²) < 4.78 is 4.11. The first-order chi connectivity index (χ1) is 8.77. The van der Waals surface area contributed by atoms with Gasteiger partial charge in [0.15, 0.2) is 12.4 Å². The van der Waals surface area contributed by atoms with Crippen LogP contribution < -0.4 is 43.1 Å². The fourth-order valence-corrected chi connectivity index (χ4v) is 2.27. The Hall–Kier alpha value is -0.160. The molecule has 2 aromatic heterocycles. The highest BCUT2D eigenvalue weighted by molar-refractivity contribution is 6.28. The molecule has 2 aromatic rings. The van der Waals surface area contributed by atoms with Crippen molar-refractivity contribution in [2.45, 2.75) is 25.9 Å². The maximum Gasteiger partial charge on any atom is 0.274 e. The van der Waals surface area contributed by atoms with Gasteiger partial charge in [-0.25, -0.2) is 0 Å². The third kappa shape index (κ3) is 6.08. The van der Waals surface area contributed by atoms with E-state index < -0.39 is 0 Å². The quantitative estimate of drug-likeness (QED) is 0.266. The highest BCUT2D eigenvalue weighted by Gasteiger charge is 2.08. The SMILES string of the molecule is Clc1cccc[n+]1CCCC[n+]1ccccc1Cl.[Br-].[Br-]. The molecule has 0 amide bonds. The Morgan fingerprint density at radius 1 is 0.700 bits per heavy atom. The highest BCUT2D eigenvalue weighted by atomic mass is 79.9. The Balaban J connectivity index is 0.00000180. The number of aromatic nitrogens is 2. The van der Waals surface area contributed by atoms with Crippen molar-refractivity contribution in [2.24, 2.45) is 0 Å². The van der Waals surface area contributed by atoms with Crippen LogP contribution in [0.3, 0.4) is 0 Å². The second kappa shape index (κ2) is 10.6. The Bertz CT molecular complexity index is 477. The number of hydrogen-bond donors (Lipinski definition) is 0. The van der Waals surface area contributed by atoms with E-state index in [2.05, 4.69) is 9.13 Å². The van der Waals surface area contributed by atoms with Crippen molar-refractivity contribution in [3.63, 3.8) is 0 Å². The van der Waals surface area contributed by atoms with Gasteiger partial charge in [-0.05, 0) is 35.3 Å². The molecule has 2 nitrogen and oxygen atoms in total. The van der Waals surface area contributed by atoms with Crippen LogP contribution in [-0.4, -0.2) is 0 Å². The molecule has 110 valence electrons. The van der Waals surface area contributed by atoms with Crippen molar-refractivity contribution in [3.8, 4) is 0 Å². The maximum atomic E-state index is 6.08. The Labute approximate surface area is 150 Å². The van der Waals surface area contributed by atoms with Crippen molar-refractivity contribution in [3.05, 3.63) is 59.1 Å². The lowest BCUT2D eigenvalue weighted by Gasteiger charge is -1.99. The second-order valence-corrected chi connectivity index (χ2v) is 4.92. The number of aryl methyl sites for hydroxylation is 2. The fraction of sp³-hybridized carbons (Fsp3) is 0.286. The highest BCUT2D eigenvalue weighted by Crippen LogP contribution is 2.02. The average molecular weight is 443 g/mol. The van der Waals surface area contributed by atoms with Crippen LogP contribution in [0.25, 0.3) is 0 Å². The van der Waals surface area contributed by atoms with Gasteiger partial charge in [0, 0.05) is 37.1 Å². The minimum absolute atomic E-state index is 0. The normalized spacial score (nSPS) is 9.50. The Morgan fingerprint density at radius 3 is 1.45 bits per heavy atom. The van der Waals surface area contributed by atoms with Crippen molar-refractivity contribution < 1.29 is 43.1 Å². The summed E-state index contributed by atoms with van der Waals surface area (Å²) in [6, 6.07) is 11.7. The Kier molecular flexibility index (Phi) is 10.5. The summed E-state index contributed by atoms with van der Waals surface area (Å²) in [4.78, 5) is 0. The van der Waals surface area contributed by atoms with Crippen molar-refractivity contribution in [2.75, 3.05) is 0 Å². The number of hydrogen-bond acceptors (Lipinski definition) is 0. The van der Waals surface area contributed by atoms with Gasteiger partial charge in [0.25, 0.3) is 10.3 Å². The summed E-state index contributed by atoms with van der Waals surface area (Å²) in [6.07, 6.45) is 6.16. The molecule has 0 aromatic carbocycles. The van der Waals surface area contributed by atoms with E-state index in [1.165, 1.54) is 0 Å². The molecule has 0 fully saturated rings. The summed E-state index contributed by atoms with van der Waals surface area (Å²) in [5.74, 6) is 0. The van der Waals surface area contributed by atoms with E-state index in [-0.39, 0.29) is 34.0 Å². The Morgan fingerprint density at radius 2 is 1.10 bits per heavy atom. The second-order valence-electron chi connectivity index (χ2n) is 4.14. The lowest BCUT2D eigenvalue weighted by molar-refractivity contribution is -0.706. The third-order valence-corrected chi connectivity index (χ3v) is 3.50. The van der Waals surface area contributed by atoms with Gasteiger partial charge >= 0.3 is 0 Å². The summed E-state index contributed by atoms with van der Waals surface area (Å²) in [5, 5.41) is 1.56. The topological polar surface area (TPSA) is 7.76 Å². The number of unbranched alkanes of at least 4 members (excludes halogenated alkanes) is 1. The van der Waals surface area contributed by atoms with E-state index in [1.807, 2.05) is 48.8 Å². The van der Waals surface area contributed by atoms with Gasteiger partial charge in [0.1, 0.15) is 13.1 Å². The van der Waals surface area contributed by atoms with E-state index in [0.29, 0.717) is 0 Å². The molecule has 0 radical (unpaired) electrons. The van der Waals surface area contributed by atoms with Crippen molar-refractivity contribution >= 4 is 23.2 Å². The first kappa shape index (κ1) is 19.8. The molecule has 0 saturated heterocycles. The molecule has 6 heteroatoms. The zero-order valence-corrected chi connectivity index (χ0v) is 15.5. The molecule has 0 atom stereocenters. The largest absolute Gasteiger partial charge is 1.00 e. The minimum Gasteiger partial charge on any atom is -1.00 e. The zero-order valence-electron chi connectivity index (χ0n) is 10.9. The summed E-state index contributed by atoms with van der Waals surface area (Å²) in [7, 11) is 0. The number of nitrogens with zero attached hydrogens (tertiary/aromatic N) is 2. The van der Waals surface area contributed by atoms with E-state index in [1.54, 1.807) is 0 Å². The lowest BCUT2D eigenvalue weighted by Crippen LogP contribution is -3.00. The van der Waals surface area contributed by atoms with E-state index in [4.69, 9.17) is 23.2 Å².